The van der Waals surface area contributed by atoms with Crippen LogP contribution in [0, 0.1) is 0 Å². The van der Waals surface area contributed by atoms with Gasteiger partial charge in [0.25, 0.3) is 0 Å². The summed E-state index contributed by atoms with van der Waals surface area (Å²) in [4.78, 5) is 4.55. The van der Waals surface area contributed by atoms with Crippen LogP contribution < -0.4 is 0 Å². The molecule has 0 heterocycles. The third-order valence-electron chi connectivity index (χ3n) is 3.04. The molecule has 0 atom stereocenters. The van der Waals surface area contributed by atoms with Crippen molar-refractivity contribution < 1.29 is 13.3 Å². The van der Waals surface area contributed by atoms with E-state index in [2.05, 4.69) is 30.9 Å². The van der Waals surface area contributed by atoms with Crippen LogP contribution in [-0.4, -0.2) is 79.2 Å². The molecule has 5 nitrogen and oxygen atoms in total. The van der Waals surface area contributed by atoms with Gasteiger partial charge in [0.1, 0.15) is 0 Å². The molecule has 0 radical (unpaired) electrons. The summed E-state index contributed by atoms with van der Waals surface area (Å²) in [7, 11) is 3.92. The van der Waals surface area contributed by atoms with Crippen molar-refractivity contribution in [2.24, 2.45) is 0 Å². The maximum absolute atomic E-state index is 5.86. The van der Waals surface area contributed by atoms with Crippen molar-refractivity contribution in [2.75, 3.05) is 60.6 Å². The first-order valence-electron chi connectivity index (χ1n) is 7.74. The van der Waals surface area contributed by atoms with Crippen LogP contribution in [0.15, 0.2) is 0 Å². The lowest BCUT2D eigenvalue weighted by Gasteiger charge is -2.29. The number of hydrogen-bond donors (Lipinski definition) is 0. The van der Waals surface area contributed by atoms with Crippen LogP contribution in [0.2, 0.25) is 6.04 Å². The number of likely N-dealkylation sites (N-methyl/N-ethyl adjacent to an activating group) is 2. The third-order valence-corrected chi connectivity index (χ3v) is 6.20. The summed E-state index contributed by atoms with van der Waals surface area (Å²) < 4.78 is 17.6. The smallest absolute Gasteiger partial charge is 0.374 e. The van der Waals surface area contributed by atoms with E-state index in [9.17, 15) is 0 Å². The van der Waals surface area contributed by atoms with Crippen molar-refractivity contribution in [1.29, 1.82) is 0 Å². The standard InChI is InChI=1S/C14H34N2O3Si/c1-7-17-20(18-8-2,19-9-3)14-10-11-16(6)13-12-15(4)5/h7-14H2,1-6H3. The molecule has 0 unspecified atom stereocenters. The zero-order valence-electron chi connectivity index (χ0n) is 14.3. The number of nitrogens with zero attached hydrogens (tertiary/aromatic N) is 2. The van der Waals surface area contributed by atoms with Crippen LogP contribution in [0.25, 0.3) is 0 Å². The Morgan fingerprint density at radius 2 is 1.25 bits per heavy atom. The van der Waals surface area contributed by atoms with Gasteiger partial charge in [0.05, 0.1) is 0 Å². The van der Waals surface area contributed by atoms with E-state index in [0.717, 1.165) is 32.1 Å². The van der Waals surface area contributed by atoms with Crippen LogP contribution in [0.5, 0.6) is 0 Å². The largest absolute Gasteiger partial charge is 0.500 e. The molecule has 20 heavy (non-hydrogen) atoms. The second-order valence-corrected chi connectivity index (χ2v) is 7.92. The second kappa shape index (κ2) is 11.7. The van der Waals surface area contributed by atoms with E-state index in [4.69, 9.17) is 13.3 Å². The molecule has 0 amide bonds. The minimum absolute atomic E-state index is 0.655. The summed E-state index contributed by atoms with van der Waals surface area (Å²) in [6.45, 7) is 11.2. The first-order chi connectivity index (χ1) is 9.49. The summed E-state index contributed by atoms with van der Waals surface area (Å²) in [5, 5.41) is 0. The molecule has 0 aromatic heterocycles. The van der Waals surface area contributed by atoms with E-state index in [1.54, 1.807) is 0 Å². The number of rotatable bonds is 13. The summed E-state index contributed by atoms with van der Waals surface area (Å²) in [5.41, 5.74) is 0. The Hall–Kier alpha value is 0.0169. The highest BCUT2D eigenvalue weighted by atomic mass is 28.4. The Morgan fingerprint density at radius 1 is 0.750 bits per heavy atom. The van der Waals surface area contributed by atoms with E-state index < -0.39 is 8.80 Å². The average molecular weight is 307 g/mol. The highest BCUT2D eigenvalue weighted by Gasteiger charge is 2.39. The first-order valence-corrected chi connectivity index (χ1v) is 9.68. The molecule has 0 aromatic carbocycles. The average Bonchev–Trinajstić information content (AvgIpc) is 2.37. The molecule has 0 bridgehead atoms. The minimum Gasteiger partial charge on any atom is -0.374 e. The molecule has 0 rings (SSSR count). The Kier molecular flexibility index (Phi) is 11.7. The molecule has 0 aromatic rings. The SMILES string of the molecule is CCO[Si](CCCN(C)CCN(C)C)(OCC)OCC. The maximum Gasteiger partial charge on any atom is 0.500 e. The Bertz CT molecular complexity index is 213. The minimum atomic E-state index is -2.44. The van der Waals surface area contributed by atoms with Gasteiger partial charge in [0.15, 0.2) is 0 Å². The van der Waals surface area contributed by atoms with E-state index >= 15 is 0 Å². The Labute approximate surface area is 126 Å². The van der Waals surface area contributed by atoms with Crippen molar-refractivity contribution in [3.63, 3.8) is 0 Å². The quantitative estimate of drug-likeness (QED) is 0.486. The van der Waals surface area contributed by atoms with Gasteiger partial charge < -0.3 is 23.1 Å². The van der Waals surface area contributed by atoms with Gasteiger partial charge in [0, 0.05) is 39.0 Å². The van der Waals surface area contributed by atoms with Gasteiger partial charge in [-0.15, -0.1) is 0 Å². The lowest BCUT2D eigenvalue weighted by atomic mass is 10.4. The maximum atomic E-state index is 5.86. The summed E-state index contributed by atoms with van der Waals surface area (Å²) in [5.74, 6) is 0. The van der Waals surface area contributed by atoms with Gasteiger partial charge in [-0.2, -0.15) is 0 Å². The Morgan fingerprint density at radius 3 is 1.65 bits per heavy atom. The van der Waals surface area contributed by atoms with Crippen molar-refractivity contribution in [3.05, 3.63) is 0 Å². The van der Waals surface area contributed by atoms with Gasteiger partial charge >= 0.3 is 8.80 Å². The van der Waals surface area contributed by atoms with Crippen molar-refractivity contribution in [3.8, 4) is 0 Å². The van der Waals surface area contributed by atoms with Gasteiger partial charge in [-0.1, -0.05) is 0 Å². The fraction of sp³-hybridized carbons (Fsp3) is 1.00. The van der Waals surface area contributed by atoms with Gasteiger partial charge in [-0.3, -0.25) is 0 Å². The molecule has 0 aliphatic carbocycles. The zero-order valence-corrected chi connectivity index (χ0v) is 15.3. The molecule has 0 saturated heterocycles. The molecule has 122 valence electrons. The normalized spacial score (nSPS) is 12.6. The third kappa shape index (κ3) is 9.04. The lowest BCUT2D eigenvalue weighted by molar-refractivity contribution is 0.0701. The molecule has 0 N–H and O–H groups in total. The van der Waals surface area contributed by atoms with Crippen molar-refractivity contribution in [1.82, 2.24) is 9.80 Å². The molecule has 0 fully saturated rings. The summed E-state index contributed by atoms with van der Waals surface area (Å²) in [6.07, 6.45) is 1.05. The predicted molar refractivity (Wildman–Crippen MR) is 86.1 cm³/mol. The van der Waals surface area contributed by atoms with Crippen LogP contribution in [-0.2, 0) is 13.3 Å². The van der Waals surface area contributed by atoms with Crippen molar-refractivity contribution >= 4 is 8.80 Å². The molecule has 6 heteroatoms. The van der Waals surface area contributed by atoms with Gasteiger partial charge in [-0.05, 0) is 54.9 Å². The molecule has 0 aliphatic heterocycles. The van der Waals surface area contributed by atoms with Gasteiger partial charge in [0.2, 0.25) is 0 Å². The summed E-state index contributed by atoms with van der Waals surface area (Å²) >= 11 is 0. The molecule has 0 saturated carbocycles. The highest BCUT2D eigenvalue weighted by molar-refractivity contribution is 6.60. The van der Waals surface area contributed by atoms with Gasteiger partial charge in [-0.25, -0.2) is 0 Å². The molecule has 0 spiro atoms. The lowest BCUT2D eigenvalue weighted by Crippen LogP contribution is -2.46. The Balaban J connectivity index is 4.17. The van der Waals surface area contributed by atoms with Crippen LogP contribution >= 0.6 is 0 Å². The van der Waals surface area contributed by atoms with Crippen molar-refractivity contribution in [2.45, 2.75) is 33.2 Å². The van der Waals surface area contributed by atoms with E-state index in [0.29, 0.717) is 19.8 Å². The van der Waals surface area contributed by atoms with E-state index in [1.165, 1.54) is 0 Å². The topological polar surface area (TPSA) is 34.2 Å². The van der Waals surface area contributed by atoms with Crippen LogP contribution in [0.4, 0.5) is 0 Å². The van der Waals surface area contributed by atoms with E-state index in [1.807, 2.05) is 20.8 Å². The zero-order chi connectivity index (χ0) is 15.4. The second-order valence-electron chi connectivity index (χ2n) is 5.19. The fourth-order valence-corrected chi connectivity index (χ4v) is 4.64. The predicted octanol–water partition coefficient (Wildman–Crippen LogP) is 1.92. The molecular formula is C14H34N2O3Si. The highest BCUT2D eigenvalue weighted by Crippen LogP contribution is 2.18. The summed E-state index contributed by atoms with van der Waals surface area (Å²) in [6, 6.07) is 0.898. The van der Waals surface area contributed by atoms with E-state index in [-0.39, 0.29) is 0 Å². The molecular weight excluding hydrogens is 272 g/mol. The first kappa shape index (κ1) is 20.0. The van der Waals surface area contributed by atoms with Crippen LogP contribution in [0.1, 0.15) is 27.2 Å². The number of hydrogen-bond acceptors (Lipinski definition) is 5. The fourth-order valence-electron chi connectivity index (χ4n) is 2.05. The molecule has 0 aliphatic rings. The monoisotopic (exact) mass is 306 g/mol. The van der Waals surface area contributed by atoms with Crippen LogP contribution in [0.3, 0.4) is 0 Å².